The molecule has 0 spiro atoms. The number of halogens is 2. The molecule has 0 fully saturated rings. The van der Waals surface area contributed by atoms with Gasteiger partial charge >= 0.3 is 0 Å². The molecule has 1 N–H and O–H groups in total. The summed E-state index contributed by atoms with van der Waals surface area (Å²) in [5.41, 5.74) is 0.855. The Morgan fingerprint density at radius 3 is 2.35 bits per heavy atom. The van der Waals surface area contributed by atoms with E-state index in [1.807, 2.05) is 37.3 Å². The summed E-state index contributed by atoms with van der Waals surface area (Å²) in [7, 11) is -3.92. The molecule has 0 saturated heterocycles. The van der Waals surface area contributed by atoms with E-state index in [0.717, 1.165) is 41.1 Å². The van der Waals surface area contributed by atoms with Gasteiger partial charge in [-0.15, -0.1) is 0 Å². The Hall–Kier alpha value is -2.65. The SMILES string of the molecule is CCCCNC(=O)C(CC)N(Cc1ccccc1)C(=O)CN(c1ccc(F)c(Cl)c1)S(C)(=O)=O. The molecule has 186 valence electrons. The quantitative estimate of drug-likeness (QED) is 0.437. The molecule has 2 amide bonds. The summed E-state index contributed by atoms with van der Waals surface area (Å²) in [6.07, 6.45) is 3.01. The average molecular weight is 512 g/mol. The first-order valence-corrected chi connectivity index (χ1v) is 13.3. The molecule has 2 aromatic rings. The van der Waals surface area contributed by atoms with Crippen molar-refractivity contribution in [1.82, 2.24) is 10.2 Å². The van der Waals surface area contributed by atoms with Crippen LogP contribution in [0, 0.1) is 5.82 Å². The number of carbonyl (C=O) groups is 2. The third-order valence-corrected chi connectivity index (χ3v) is 6.71. The summed E-state index contributed by atoms with van der Waals surface area (Å²) in [6.45, 7) is 3.86. The van der Waals surface area contributed by atoms with Crippen molar-refractivity contribution in [2.45, 2.75) is 45.7 Å². The van der Waals surface area contributed by atoms with E-state index in [1.165, 1.54) is 11.0 Å². The van der Waals surface area contributed by atoms with E-state index in [0.29, 0.717) is 13.0 Å². The normalized spacial score (nSPS) is 12.1. The van der Waals surface area contributed by atoms with Gasteiger partial charge in [-0.3, -0.25) is 13.9 Å². The third-order valence-electron chi connectivity index (χ3n) is 5.28. The van der Waals surface area contributed by atoms with Crippen LogP contribution < -0.4 is 9.62 Å². The number of anilines is 1. The predicted octanol–water partition coefficient (Wildman–Crippen LogP) is 3.97. The Bertz CT molecular complexity index is 1080. The fourth-order valence-electron chi connectivity index (χ4n) is 3.46. The largest absolute Gasteiger partial charge is 0.354 e. The first kappa shape index (κ1) is 27.6. The van der Waals surface area contributed by atoms with Crippen molar-refractivity contribution in [1.29, 1.82) is 0 Å². The van der Waals surface area contributed by atoms with Crippen LogP contribution >= 0.6 is 11.6 Å². The van der Waals surface area contributed by atoms with Crippen LogP contribution in [-0.2, 0) is 26.2 Å². The molecule has 1 atom stereocenters. The lowest BCUT2D eigenvalue weighted by molar-refractivity contribution is -0.140. The van der Waals surface area contributed by atoms with E-state index in [9.17, 15) is 22.4 Å². The monoisotopic (exact) mass is 511 g/mol. The minimum absolute atomic E-state index is 0.0577. The van der Waals surface area contributed by atoms with E-state index < -0.39 is 34.3 Å². The van der Waals surface area contributed by atoms with Gasteiger partial charge in [0.05, 0.1) is 17.0 Å². The predicted molar refractivity (Wildman–Crippen MR) is 133 cm³/mol. The summed E-state index contributed by atoms with van der Waals surface area (Å²) < 4.78 is 39.6. The van der Waals surface area contributed by atoms with Gasteiger partial charge in [0.2, 0.25) is 21.8 Å². The average Bonchev–Trinajstić information content (AvgIpc) is 2.79. The number of hydrogen-bond acceptors (Lipinski definition) is 4. The Morgan fingerprint density at radius 2 is 1.79 bits per heavy atom. The minimum atomic E-state index is -3.92. The van der Waals surface area contributed by atoms with Crippen molar-refractivity contribution in [2.75, 3.05) is 23.7 Å². The maximum Gasteiger partial charge on any atom is 0.244 e. The van der Waals surface area contributed by atoms with Gasteiger partial charge in [0, 0.05) is 13.1 Å². The lowest BCUT2D eigenvalue weighted by Crippen LogP contribution is -2.52. The van der Waals surface area contributed by atoms with E-state index in [1.54, 1.807) is 6.92 Å². The van der Waals surface area contributed by atoms with E-state index in [4.69, 9.17) is 11.6 Å². The molecule has 0 radical (unpaired) electrons. The number of carbonyl (C=O) groups excluding carboxylic acids is 2. The van der Waals surface area contributed by atoms with Crippen molar-refractivity contribution < 1.29 is 22.4 Å². The maximum absolute atomic E-state index is 13.6. The number of sulfonamides is 1. The standard InChI is InChI=1S/C24H31ClFN3O4S/c1-4-6-14-27-24(31)22(5-2)28(16-18-10-8-7-9-11-18)23(30)17-29(34(3,32)33)19-12-13-21(26)20(25)15-19/h7-13,15,22H,4-6,14,16-17H2,1-3H3,(H,27,31). The van der Waals surface area contributed by atoms with E-state index in [-0.39, 0.29) is 23.2 Å². The highest BCUT2D eigenvalue weighted by Crippen LogP contribution is 2.25. The fraction of sp³-hybridized carbons (Fsp3) is 0.417. The molecule has 1 unspecified atom stereocenters. The topological polar surface area (TPSA) is 86.8 Å². The number of hydrogen-bond donors (Lipinski definition) is 1. The number of nitrogens with zero attached hydrogens (tertiary/aromatic N) is 2. The first-order valence-electron chi connectivity index (χ1n) is 11.1. The molecule has 10 heteroatoms. The summed E-state index contributed by atoms with van der Waals surface area (Å²) in [5.74, 6) is -1.56. The molecule has 0 saturated carbocycles. The molecular weight excluding hydrogens is 481 g/mol. The Kier molecular flexibility index (Phi) is 10.3. The number of unbranched alkanes of at least 4 members (excludes halogenated alkanes) is 1. The van der Waals surface area contributed by atoms with Crippen molar-refractivity contribution in [3.05, 3.63) is 64.9 Å². The van der Waals surface area contributed by atoms with Gasteiger partial charge in [0.15, 0.2) is 0 Å². The molecule has 2 rings (SSSR count). The van der Waals surface area contributed by atoms with Crippen LogP contribution in [-0.4, -0.2) is 50.5 Å². The molecule has 7 nitrogen and oxygen atoms in total. The van der Waals surface area contributed by atoms with Crippen LogP contribution in [0.3, 0.4) is 0 Å². The second-order valence-electron chi connectivity index (χ2n) is 7.94. The van der Waals surface area contributed by atoms with Crippen LogP contribution in [0.4, 0.5) is 10.1 Å². The van der Waals surface area contributed by atoms with E-state index in [2.05, 4.69) is 5.32 Å². The highest BCUT2D eigenvalue weighted by atomic mass is 35.5. The lowest BCUT2D eigenvalue weighted by Gasteiger charge is -2.33. The number of nitrogens with one attached hydrogen (secondary N) is 1. The smallest absolute Gasteiger partial charge is 0.244 e. The Labute approximate surface area is 205 Å². The van der Waals surface area contributed by atoms with Crippen LogP contribution in [0.25, 0.3) is 0 Å². The highest BCUT2D eigenvalue weighted by molar-refractivity contribution is 7.92. The third kappa shape index (κ3) is 7.70. The van der Waals surface area contributed by atoms with Crippen LogP contribution in [0.5, 0.6) is 0 Å². The second-order valence-corrected chi connectivity index (χ2v) is 10.3. The van der Waals surface area contributed by atoms with Crippen molar-refractivity contribution in [3.8, 4) is 0 Å². The molecular formula is C24H31ClFN3O4S. The van der Waals surface area contributed by atoms with E-state index >= 15 is 0 Å². The van der Waals surface area contributed by atoms with Crippen LogP contribution in [0.2, 0.25) is 5.02 Å². The summed E-state index contributed by atoms with van der Waals surface area (Å²) in [5, 5.41) is 2.60. The van der Waals surface area contributed by atoms with Gasteiger partial charge < -0.3 is 10.2 Å². The number of amides is 2. The lowest BCUT2D eigenvalue weighted by atomic mass is 10.1. The van der Waals surface area contributed by atoms with Crippen molar-refractivity contribution >= 4 is 39.1 Å². The zero-order valence-corrected chi connectivity index (χ0v) is 21.2. The van der Waals surface area contributed by atoms with Crippen molar-refractivity contribution in [3.63, 3.8) is 0 Å². The summed E-state index contributed by atoms with van der Waals surface area (Å²) in [6, 6.07) is 11.8. The van der Waals surface area contributed by atoms with Gasteiger partial charge in [-0.1, -0.05) is 62.2 Å². The molecule has 34 heavy (non-hydrogen) atoms. The molecule has 0 aromatic heterocycles. The zero-order valence-electron chi connectivity index (χ0n) is 19.6. The van der Waals surface area contributed by atoms with Gasteiger partial charge in [0.1, 0.15) is 18.4 Å². The van der Waals surface area contributed by atoms with Crippen molar-refractivity contribution in [2.24, 2.45) is 0 Å². The Morgan fingerprint density at radius 1 is 1.12 bits per heavy atom. The van der Waals surface area contributed by atoms with Gasteiger partial charge in [-0.05, 0) is 36.6 Å². The first-order chi connectivity index (χ1) is 16.1. The summed E-state index contributed by atoms with van der Waals surface area (Å²) in [4.78, 5) is 27.8. The molecule has 0 heterocycles. The maximum atomic E-state index is 13.6. The molecule has 0 bridgehead atoms. The highest BCUT2D eigenvalue weighted by Gasteiger charge is 2.31. The van der Waals surface area contributed by atoms with Crippen LogP contribution in [0.1, 0.15) is 38.7 Å². The number of rotatable bonds is 12. The fourth-order valence-corrected chi connectivity index (χ4v) is 4.48. The Balaban J connectivity index is 2.39. The van der Waals surface area contributed by atoms with Gasteiger partial charge in [0.25, 0.3) is 0 Å². The zero-order chi connectivity index (χ0) is 25.3. The van der Waals surface area contributed by atoms with Gasteiger partial charge in [-0.2, -0.15) is 0 Å². The molecule has 0 aliphatic rings. The molecule has 0 aliphatic heterocycles. The summed E-state index contributed by atoms with van der Waals surface area (Å²) >= 11 is 5.84. The van der Waals surface area contributed by atoms with Gasteiger partial charge in [-0.25, -0.2) is 12.8 Å². The molecule has 2 aromatic carbocycles. The van der Waals surface area contributed by atoms with Crippen LogP contribution in [0.15, 0.2) is 48.5 Å². The second kappa shape index (κ2) is 12.7. The minimum Gasteiger partial charge on any atom is -0.354 e. The molecule has 0 aliphatic carbocycles. The number of benzene rings is 2.